The largest absolute Gasteiger partial charge is 0.339 e. The van der Waals surface area contributed by atoms with Gasteiger partial charge in [-0.2, -0.15) is 0 Å². The van der Waals surface area contributed by atoms with E-state index in [0.29, 0.717) is 0 Å². The van der Waals surface area contributed by atoms with Crippen LogP contribution < -0.4 is 5.32 Å². The summed E-state index contributed by atoms with van der Waals surface area (Å²) in [7, 11) is 1.33. The molecular weight excluding hydrogens is 178 g/mol. The van der Waals surface area contributed by atoms with Gasteiger partial charge in [0.1, 0.15) is 0 Å². The highest BCUT2D eigenvalue weighted by Crippen LogP contribution is 1.95. The molecule has 0 saturated carbocycles. The van der Waals surface area contributed by atoms with E-state index < -0.39 is 18.9 Å². The molecule has 0 atom stereocenters. The topological polar surface area (TPSA) is 32.3 Å². The van der Waals surface area contributed by atoms with Gasteiger partial charge in [-0.1, -0.05) is 5.92 Å². The summed E-state index contributed by atoms with van der Waals surface area (Å²) in [5.74, 6) is 1.88. The van der Waals surface area contributed by atoms with Crippen molar-refractivity contribution in [3.63, 3.8) is 0 Å². The summed E-state index contributed by atoms with van der Waals surface area (Å²) in [5, 5.41) is 2.62. The third-order valence-electron chi connectivity index (χ3n) is 1.34. The van der Waals surface area contributed by atoms with E-state index in [2.05, 4.69) is 11.2 Å². The molecule has 0 aromatic carbocycles. The van der Waals surface area contributed by atoms with Crippen LogP contribution in [0.15, 0.2) is 0 Å². The van der Waals surface area contributed by atoms with Gasteiger partial charge < -0.3 is 4.90 Å². The zero-order valence-electron chi connectivity index (χ0n) is 7.39. The van der Waals surface area contributed by atoms with Crippen molar-refractivity contribution in [3.05, 3.63) is 0 Å². The van der Waals surface area contributed by atoms with E-state index in [0.717, 1.165) is 4.90 Å². The molecule has 0 heterocycles. The van der Waals surface area contributed by atoms with E-state index >= 15 is 0 Å². The Balaban J connectivity index is 3.64. The SMILES string of the molecule is C#CCNCC(=O)N(C)CC(F)F. The second-order valence-electron chi connectivity index (χ2n) is 2.47. The lowest BCUT2D eigenvalue weighted by atomic mass is 10.4. The highest BCUT2D eigenvalue weighted by Gasteiger charge is 2.12. The summed E-state index contributed by atoms with van der Waals surface area (Å²) in [6.07, 6.45) is 2.42. The van der Waals surface area contributed by atoms with Crippen LogP contribution in [-0.2, 0) is 4.79 Å². The van der Waals surface area contributed by atoms with Gasteiger partial charge in [-0.25, -0.2) is 8.78 Å². The average Bonchev–Trinajstić information content (AvgIpc) is 2.03. The fourth-order valence-corrected chi connectivity index (χ4v) is 0.685. The molecule has 0 rings (SSSR count). The van der Waals surface area contributed by atoms with E-state index in [1.54, 1.807) is 0 Å². The number of halogens is 2. The maximum atomic E-state index is 11.8. The van der Waals surface area contributed by atoms with Gasteiger partial charge in [-0.3, -0.25) is 10.1 Å². The first-order chi connectivity index (χ1) is 6.07. The van der Waals surface area contributed by atoms with Crippen molar-refractivity contribution in [1.82, 2.24) is 10.2 Å². The third-order valence-corrected chi connectivity index (χ3v) is 1.34. The van der Waals surface area contributed by atoms with Gasteiger partial charge in [0.05, 0.1) is 19.6 Å². The van der Waals surface area contributed by atoms with Gasteiger partial charge in [-0.05, 0) is 0 Å². The van der Waals surface area contributed by atoms with Crippen molar-refractivity contribution >= 4 is 5.91 Å². The normalized spacial score (nSPS) is 9.77. The van der Waals surface area contributed by atoms with Gasteiger partial charge in [0.2, 0.25) is 5.91 Å². The molecule has 0 radical (unpaired) electrons. The summed E-state index contributed by atoms with van der Waals surface area (Å²) >= 11 is 0. The predicted octanol–water partition coefficient (Wildman–Crippen LogP) is -0.0673. The molecule has 0 unspecified atom stereocenters. The van der Waals surface area contributed by atoms with Gasteiger partial charge in [0.25, 0.3) is 6.43 Å². The number of alkyl halides is 2. The Bertz CT molecular complexity index is 201. The average molecular weight is 190 g/mol. The number of nitrogens with one attached hydrogen (secondary N) is 1. The molecule has 0 bridgehead atoms. The van der Waals surface area contributed by atoms with E-state index in [9.17, 15) is 13.6 Å². The fraction of sp³-hybridized carbons (Fsp3) is 0.625. The first-order valence-corrected chi connectivity index (χ1v) is 3.74. The zero-order chi connectivity index (χ0) is 10.3. The molecule has 0 spiro atoms. The van der Waals surface area contributed by atoms with Crippen LogP contribution in [0.5, 0.6) is 0 Å². The van der Waals surface area contributed by atoms with Crippen LogP contribution in [0.4, 0.5) is 8.78 Å². The summed E-state index contributed by atoms with van der Waals surface area (Å²) in [6.45, 7) is -0.293. The lowest BCUT2D eigenvalue weighted by molar-refractivity contribution is -0.130. The van der Waals surface area contributed by atoms with Crippen molar-refractivity contribution in [2.45, 2.75) is 6.43 Å². The minimum atomic E-state index is -2.50. The summed E-state index contributed by atoms with van der Waals surface area (Å²) in [4.78, 5) is 12.0. The molecule has 0 aliphatic carbocycles. The van der Waals surface area contributed by atoms with Crippen LogP contribution in [-0.4, -0.2) is 43.9 Å². The van der Waals surface area contributed by atoms with E-state index in [1.807, 2.05) is 0 Å². The quantitative estimate of drug-likeness (QED) is 0.486. The Kier molecular flexibility index (Phi) is 5.81. The molecule has 74 valence electrons. The van der Waals surface area contributed by atoms with E-state index in [4.69, 9.17) is 6.42 Å². The lowest BCUT2D eigenvalue weighted by Gasteiger charge is -2.16. The Morgan fingerprint density at radius 3 is 2.77 bits per heavy atom. The molecule has 0 fully saturated rings. The fourth-order valence-electron chi connectivity index (χ4n) is 0.685. The molecule has 0 aromatic heterocycles. The van der Waals surface area contributed by atoms with E-state index in [1.165, 1.54) is 7.05 Å². The highest BCUT2D eigenvalue weighted by molar-refractivity contribution is 5.77. The van der Waals surface area contributed by atoms with E-state index in [-0.39, 0.29) is 13.1 Å². The first-order valence-electron chi connectivity index (χ1n) is 3.74. The number of hydrogen-bond acceptors (Lipinski definition) is 2. The van der Waals surface area contributed by atoms with Gasteiger partial charge >= 0.3 is 0 Å². The van der Waals surface area contributed by atoms with Gasteiger partial charge in [-0.15, -0.1) is 6.42 Å². The molecule has 0 saturated heterocycles. The predicted molar refractivity (Wildman–Crippen MR) is 45.3 cm³/mol. The number of nitrogens with zero attached hydrogens (tertiary/aromatic N) is 1. The molecule has 1 amide bonds. The Morgan fingerprint density at radius 1 is 1.69 bits per heavy atom. The summed E-state index contributed by atoms with van der Waals surface area (Å²) in [6, 6.07) is 0. The molecule has 3 nitrogen and oxygen atoms in total. The number of likely N-dealkylation sites (N-methyl/N-ethyl adjacent to an activating group) is 1. The minimum Gasteiger partial charge on any atom is -0.339 e. The first kappa shape index (κ1) is 11.8. The maximum Gasteiger partial charge on any atom is 0.255 e. The van der Waals surface area contributed by atoms with Crippen LogP contribution in [0.25, 0.3) is 0 Å². The van der Waals surface area contributed by atoms with Crippen LogP contribution in [0.2, 0.25) is 0 Å². The number of hydrogen-bond donors (Lipinski definition) is 1. The Labute approximate surface area is 76.1 Å². The second-order valence-corrected chi connectivity index (χ2v) is 2.47. The number of terminal acetylenes is 1. The molecule has 13 heavy (non-hydrogen) atoms. The molecular formula is C8H12F2N2O. The monoisotopic (exact) mass is 190 g/mol. The van der Waals surface area contributed by atoms with Gasteiger partial charge in [0, 0.05) is 7.05 Å². The Morgan fingerprint density at radius 2 is 2.31 bits per heavy atom. The van der Waals surface area contributed by atoms with Crippen LogP contribution in [0, 0.1) is 12.3 Å². The number of amides is 1. The number of carbonyl (C=O) groups is 1. The molecule has 1 N–H and O–H groups in total. The molecule has 5 heteroatoms. The smallest absolute Gasteiger partial charge is 0.255 e. The molecule has 0 aromatic rings. The summed E-state index contributed by atoms with van der Waals surface area (Å²) in [5.41, 5.74) is 0. The van der Waals surface area contributed by atoms with Gasteiger partial charge in [0.15, 0.2) is 0 Å². The minimum absolute atomic E-state index is 0.00653. The maximum absolute atomic E-state index is 11.8. The zero-order valence-corrected chi connectivity index (χ0v) is 7.39. The van der Waals surface area contributed by atoms with Crippen molar-refractivity contribution in [3.8, 4) is 12.3 Å². The van der Waals surface area contributed by atoms with Crippen LogP contribution >= 0.6 is 0 Å². The standard InChI is InChI=1S/C8H12F2N2O/c1-3-4-11-5-8(13)12(2)6-7(9)10/h1,7,11H,4-6H2,2H3. The summed E-state index contributed by atoms with van der Waals surface area (Å²) < 4.78 is 23.6. The van der Waals surface area contributed by atoms with Crippen molar-refractivity contribution in [2.75, 3.05) is 26.7 Å². The molecule has 0 aliphatic rings. The Hall–Kier alpha value is -1.15. The lowest BCUT2D eigenvalue weighted by Crippen LogP contribution is -2.38. The van der Waals surface area contributed by atoms with Crippen molar-refractivity contribution in [1.29, 1.82) is 0 Å². The molecule has 0 aliphatic heterocycles. The highest BCUT2D eigenvalue weighted by atomic mass is 19.3. The van der Waals surface area contributed by atoms with Crippen molar-refractivity contribution in [2.24, 2.45) is 0 Å². The van der Waals surface area contributed by atoms with Crippen LogP contribution in [0.1, 0.15) is 0 Å². The number of carbonyl (C=O) groups excluding carboxylic acids is 1. The second kappa shape index (κ2) is 6.38. The number of rotatable bonds is 5. The van der Waals surface area contributed by atoms with Crippen LogP contribution in [0.3, 0.4) is 0 Å². The van der Waals surface area contributed by atoms with Crippen molar-refractivity contribution < 1.29 is 13.6 Å². The third kappa shape index (κ3) is 6.05.